The highest BCUT2D eigenvalue weighted by Gasteiger charge is 2.33. The Hall–Kier alpha value is -5.21. The minimum absolute atomic E-state index is 0.0291. The summed E-state index contributed by atoms with van der Waals surface area (Å²) in [6.07, 6.45) is 2.59. The van der Waals surface area contributed by atoms with Crippen LogP contribution in [0.15, 0.2) is 131 Å². The van der Waals surface area contributed by atoms with E-state index in [0.29, 0.717) is 28.8 Å². The lowest BCUT2D eigenvalue weighted by Gasteiger charge is -2.15. The Bertz CT molecular complexity index is 1840. The van der Waals surface area contributed by atoms with Gasteiger partial charge in [0.15, 0.2) is 5.17 Å². The molecule has 0 unspecified atom stereocenters. The number of ether oxygens (including phenoxy) is 1. The van der Waals surface area contributed by atoms with Gasteiger partial charge in [-0.1, -0.05) is 78.9 Å². The fraction of sp³-hybridized carbons (Fsp3) is 0.0857. The van der Waals surface area contributed by atoms with Crippen LogP contribution in [0, 0.1) is 10.1 Å². The summed E-state index contributed by atoms with van der Waals surface area (Å²) in [5.74, 6) is 0.507. The average Bonchev–Trinajstić information content (AvgIpc) is 3.33. The molecule has 1 aliphatic heterocycles. The molecule has 1 aliphatic rings. The molecule has 0 spiro atoms. The summed E-state index contributed by atoms with van der Waals surface area (Å²) in [7, 11) is 0. The summed E-state index contributed by atoms with van der Waals surface area (Å²) in [6.45, 7) is 0.718. The van der Waals surface area contributed by atoms with E-state index in [1.54, 1.807) is 17.0 Å². The van der Waals surface area contributed by atoms with Crippen molar-refractivity contribution in [1.29, 1.82) is 0 Å². The van der Waals surface area contributed by atoms with Gasteiger partial charge in [0.25, 0.3) is 11.6 Å². The van der Waals surface area contributed by atoms with Crippen LogP contribution in [-0.4, -0.2) is 27.4 Å². The molecule has 8 heteroatoms. The number of benzene rings is 5. The highest BCUT2D eigenvalue weighted by atomic mass is 32.2. The van der Waals surface area contributed by atoms with Gasteiger partial charge in [-0.15, -0.1) is 0 Å². The van der Waals surface area contributed by atoms with Crippen LogP contribution in [0.2, 0.25) is 0 Å². The van der Waals surface area contributed by atoms with Crippen molar-refractivity contribution in [3.63, 3.8) is 0 Å². The SMILES string of the molecule is O=C1/C(=C\c2c(OCc3ccc([N+](=O)[O-])cc3)ccc3ccccc23)SC(=Nc2ccccc2)N1CCc1ccccc1. The maximum absolute atomic E-state index is 13.9. The molecule has 0 atom stereocenters. The molecule has 0 aromatic heterocycles. The van der Waals surface area contributed by atoms with E-state index in [-0.39, 0.29) is 18.2 Å². The number of carbonyl (C=O) groups is 1. The lowest BCUT2D eigenvalue weighted by atomic mass is 10.0. The second-order valence-corrected chi connectivity index (χ2v) is 11.0. The molecule has 0 N–H and O–H groups in total. The first kappa shape index (κ1) is 27.9. The first-order valence-corrected chi connectivity index (χ1v) is 14.6. The van der Waals surface area contributed by atoms with Crippen molar-refractivity contribution in [2.45, 2.75) is 13.0 Å². The largest absolute Gasteiger partial charge is 0.488 e. The Morgan fingerprint density at radius 3 is 2.26 bits per heavy atom. The number of nitro groups is 1. The summed E-state index contributed by atoms with van der Waals surface area (Å²) in [5.41, 5.74) is 3.54. The summed E-state index contributed by atoms with van der Waals surface area (Å²) in [6, 6.07) is 37.9. The third kappa shape index (κ3) is 6.50. The Labute approximate surface area is 253 Å². The number of nitro benzene ring substituents is 1. The van der Waals surface area contributed by atoms with E-state index in [1.165, 1.54) is 23.9 Å². The average molecular weight is 586 g/mol. The Morgan fingerprint density at radius 2 is 1.51 bits per heavy atom. The molecule has 1 heterocycles. The van der Waals surface area contributed by atoms with Crippen molar-refractivity contribution < 1.29 is 14.5 Å². The van der Waals surface area contributed by atoms with E-state index < -0.39 is 4.92 Å². The molecule has 1 fully saturated rings. The molecule has 1 amide bonds. The van der Waals surface area contributed by atoms with Crippen molar-refractivity contribution in [2.24, 2.45) is 4.99 Å². The van der Waals surface area contributed by atoms with E-state index in [4.69, 9.17) is 9.73 Å². The number of amidine groups is 1. The van der Waals surface area contributed by atoms with Gasteiger partial charge in [-0.3, -0.25) is 19.8 Å². The van der Waals surface area contributed by atoms with Crippen LogP contribution < -0.4 is 4.74 Å². The van der Waals surface area contributed by atoms with Gasteiger partial charge in [-0.25, -0.2) is 4.99 Å². The van der Waals surface area contributed by atoms with E-state index in [0.717, 1.165) is 33.2 Å². The quantitative estimate of drug-likeness (QED) is 0.0989. The van der Waals surface area contributed by atoms with Gasteiger partial charge in [-0.2, -0.15) is 0 Å². The third-order valence-electron chi connectivity index (χ3n) is 7.08. The number of carbonyl (C=O) groups excluding carboxylic acids is 1. The zero-order valence-electron chi connectivity index (χ0n) is 23.1. The van der Waals surface area contributed by atoms with Crippen LogP contribution in [0.4, 0.5) is 11.4 Å². The maximum Gasteiger partial charge on any atom is 0.269 e. The van der Waals surface area contributed by atoms with Crippen LogP contribution in [0.3, 0.4) is 0 Å². The van der Waals surface area contributed by atoms with Crippen LogP contribution in [0.1, 0.15) is 16.7 Å². The zero-order valence-corrected chi connectivity index (χ0v) is 23.9. The lowest BCUT2D eigenvalue weighted by Crippen LogP contribution is -2.31. The fourth-order valence-corrected chi connectivity index (χ4v) is 5.85. The Kier molecular flexibility index (Phi) is 8.28. The van der Waals surface area contributed by atoms with Crippen LogP contribution in [-0.2, 0) is 17.8 Å². The molecular formula is C35H27N3O4S. The second kappa shape index (κ2) is 12.8. The molecule has 43 heavy (non-hydrogen) atoms. The summed E-state index contributed by atoms with van der Waals surface area (Å²) >= 11 is 1.36. The van der Waals surface area contributed by atoms with Crippen molar-refractivity contribution in [2.75, 3.05) is 6.54 Å². The predicted octanol–water partition coefficient (Wildman–Crippen LogP) is 8.17. The van der Waals surface area contributed by atoms with E-state index in [1.807, 2.05) is 91.0 Å². The van der Waals surface area contributed by atoms with E-state index in [9.17, 15) is 14.9 Å². The van der Waals surface area contributed by atoms with Gasteiger partial charge >= 0.3 is 0 Å². The number of hydrogen-bond acceptors (Lipinski definition) is 6. The molecule has 6 rings (SSSR count). The Balaban J connectivity index is 1.34. The molecule has 0 bridgehead atoms. The number of non-ortho nitro benzene ring substituents is 1. The number of rotatable bonds is 9. The Morgan fingerprint density at radius 1 is 0.814 bits per heavy atom. The molecule has 5 aromatic carbocycles. The molecule has 1 saturated heterocycles. The molecule has 0 saturated carbocycles. The summed E-state index contributed by atoms with van der Waals surface area (Å²) < 4.78 is 6.25. The molecule has 0 aliphatic carbocycles. The third-order valence-corrected chi connectivity index (χ3v) is 8.09. The molecule has 0 radical (unpaired) electrons. The topological polar surface area (TPSA) is 85.0 Å². The normalized spacial score (nSPS) is 15.0. The van der Waals surface area contributed by atoms with Crippen molar-refractivity contribution in [3.05, 3.63) is 153 Å². The smallest absolute Gasteiger partial charge is 0.269 e. The number of nitrogens with zero attached hydrogens (tertiary/aromatic N) is 3. The van der Waals surface area contributed by atoms with Gasteiger partial charge in [0.1, 0.15) is 12.4 Å². The van der Waals surface area contributed by atoms with Gasteiger partial charge in [0.05, 0.1) is 15.5 Å². The summed E-state index contributed by atoms with van der Waals surface area (Å²) in [4.78, 5) is 31.7. The number of amides is 1. The van der Waals surface area contributed by atoms with E-state index >= 15 is 0 Å². The van der Waals surface area contributed by atoms with Gasteiger partial charge in [0.2, 0.25) is 0 Å². The number of fused-ring (bicyclic) bond motifs is 1. The van der Waals surface area contributed by atoms with E-state index in [2.05, 4.69) is 12.1 Å². The van der Waals surface area contributed by atoms with Crippen molar-refractivity contribution >= 4 is 51.1 Å². The van der Waals surface area contributed by atoms with Gasteiger partial charge in [0, 0.05) is 24.2 Å². The number of thioether (sulfide) groups is 1. The minimum atomic E-state index is -0.424. The van der Waals surface area contributed by atoms with Crippen molar-refractivity contribution in [1.82, 2.24) is 4.90 Å². The van der Waals surface area contributed by atoms with Gasteiger partial charge < -0.3 is 4.74 Å². The number of hydrogen-bond donors (Lipinski definition) is 0. The molecule has 7 nitrogen and oxygen atoms in total. The minimum Gasteiger partial charge on any atom is -0.488 e. The lowest BCUT2D eigenvalue weighted by molar-refractivity contribution is -0.384. The standard InChI is InChI=1S/C35H27N3O4S/c39-34-33(43-35(36-28-12-5-2-6-13-28)37(34)22-21-25-9-3-1-4-10-25)23-31-30-14-8-7-11-27(30)17-20-32(31)42-24-26-15-18-29(19-16-26)38(40)41/h1-20,23H,21-22,24H2/b33-23+,36-35?. The van der Waals surface area contributed by atoms with Crippen molar-refractivity contribution in [3.8, 4) is 5.75 Å². The predicted molar refractivity (Wildman–Crippen MR) is 172 cm³/mol. The van der Waals surface area contributed by atoms with Crippen LogP contribution >= 0.6 is 11.8 Å². The second-order valence-electron chi connectivity index (χ2n) is 9.94. The summed E-state index contributed by atoms with van der Waals surface area (Å²) in [5, 5.41) is 13.6. The monoisotopic (exact) mass is 585 g/mol. The number of para-hydroxylation sites is 1. The van der Waals surface area contributed by atoms with Gasteiger partial charge in [-0.05, 0) is 76.5 Å². The van der Waals surface area contributed by atoms with Crippen LogP contribution in [0.5, 0.6) is 5.75 Å². The highest BCUT2D eigenvalue weighted by molar-refractivity contribution is 8.18. The first-order chi connectivity index (χ1) is 21.0. The highest BCUT2D eigenvalue weighted by Crippen LogP contribution is 2.38. The molecular weight excluding hydrogens is 558 g/mol. The van der Waals surface area contributed by atoms with Crippen LogP contribution in [0.25, 0.3) is 16.8 Å². The molecule has 212 valence electrons. The maximum atomic E-state index is 13.9. The zero-order chi connectivity index (χ0) is 29.6. The first-order valence-electron chi connectivity index (χ1n) is 13.8. The molecule has 5 aromatic rings. The number of aliphatic imine (C=N–C) groups is 1. The fourth-order valence-electron chi connectivity index (χ4n) is 4.84.